The summed E-state index contributed by atoms with van der Waals surface area (Å²) < 4.78 is 38.8. The van der Waals surface area contributed by atoms with Crippen molar-refractivity contribution in [3.63, 3.8) is 0 Å². The number of hydrogen-bond donors (Lipinski definition) is 1. The van der Waals surface area contributed by atoms with E-state index < -0.39 is 11.7 Å². The van der Waals surface area contributed by atoms with E-state index in [0.717, 1.165) is 6.20 Å². The zero-order valence-corrected chi connectivity index (χ0v) is 9.60. The first-order chi connectivity index (χ1) is 7.95. The predicted molar refractivity (Wildman–Crippen MR) is 59.8 cm³/mol. The molecule has 0 fully saturated rings. The van der Waals surface area contributed by atoms with E-state index in [1.165, 1.54) is 0 Å². The molecule has 17 heavy (non-hydrogen) atoms. The predicted octanol–water partition coefficient (Wildman–Crippen LogP) is 4.10. The number of H-pyrrole nitrogens is 1. The highest BCUT2D eigenvalue weighted by molar-refractivity contribution is 5.81. The van der Waals surface area contributed by atoms with Crippen molar-refractivity contribution in [2.45, 2.75) is 32.4 Å². The number of hydrogen-bond acceptors (Lipinski definition) is 1. The van der Waals surface area contributed by atoms with Gasteiger partial charge in [0.05, 0.1) is 5.56 Å². The van der Waals surface area contributed by atoms with Crippen LogP contribution < -0.4 is 0 Å². The van der Waals surface area contributed by atoms with Crippen molar-refractivity contribution < 1.29 is 13.2 Å². The maximum atomic E-state index is 12.9. The summed E-state index contributed by atoms with van der Waals surface area (Å²) in [6.07, 6.45) is -1.16. The molecule has 1 atom stereocenters. The Bertz CT molecular complexity index is 528. The Hall–Kier alpha value is -1.52. The second kappa shape index (κ2) is 4.05. The van der Waals surface area contributed by atoms with Crippen LogP contribution in [0.25, 0.3) is 11.0 Å². The molecule has 2 nitrogen and oxygen atoms in total. The molecule has 2 aromatic rings. The van der Waals surface area contributed by atoms with E-state index in [4.69, 9.17) is 0 Å². The molecule has 0 aromatic carbocycles. The molecule has 0 amide bonds. The molecule has 92 valence electrons. The fourth-order valence-corrected chi connectivity index (χ4v) is 1.99. The summed E-state index contributed by atoms with van der Waals surface area (Å²) in [4.78, 5) is 6.65. The van der Waals surface area contributed by atoms with Gasteiger partial charge in [0.2, 0.25) is 0 Å². The Morgan fingerprint density at radius 3 is 2.71 bits per heavy atom. The molecule has 5 heteroatoms. The van der Waals surface area contributed by atoms with Gasteiger partial charge in [0.1, 0.15) is 5.65 Å². The largest absolute Gasteiger partial charge is 0.418 e. The number of fused-ring (bicyclic) bond motifs is 1. The van der Waals surface area contributed by atoms with Gasteiger partial charge in [-0.25, -0.2) is 4.98 Å². The van der Waals surface area contributed by atoms with E-state index >= 15 is 0 Å². The lowest BCUT2D eigenvalue weighted by atomic mass is 9.92. The van der Waals surface area contributed by atoms with E-state index in [2.05, 4.69) is 9.97 Å². The van der Waals surface area contributed by atoms with Crippen LogP contribution in [-0.2, 0) is 6.18 Å². The highest BCUT2D eigenvalue weighted by Crippen LogP contribution is 2.38. The molecule has 0 saturated carbocycles. The Morgan fingerprint density at radius 2 is 2.12 bits per heavy atom. The molecule has 0 bridgehead atoms. The topological polar surface area (TPSA) is 28.7 Å². The molecule has 0 radical (unpaired) electrons. The molecule has 0 aliphatic heterocycles. The van der Waals surface area contributed by atoms with Crippen molar-refractivity contribution in [3.05, 3.63) is 29.6 Å². The molecule has 0 saturated heterocycles. The average molecular weight is 242 g/mol. The molecule has 0 spiro atoms. The number of halogens is 3. The fourth-order valence-electron chi connectivity index (χ4n) is 1.99. The van der Waals surface area contributed by atoms with Gasteiger partial charge in [0.15, 0.2) is 0 Å². The summed E-state index contributed by atoms with van der Waals surface area (Å²) in [6, 6.07) is 1.65. The number of aromatic nitrogens is 2. The molecule has 2 rings (SSSR count). The number of alkyl halides is 3. The maximum Gasteiger partial charge on any atom is 0.418 e. The Morgan fingerprint density at radius 1 is 1.41 bits per heavy atom. The summed E-state index contributed by atoms with van der Waals surface area (Å²) >= 11 is 0. The third kappa shape index (κ3) is 2.01. The van der Waals surface area contributed by atoms with Crippen molar-refractivity contribution in [3.8, 4) is 0 Å². The van der Waals surface area contributed by atoms with Gasteiger partial charge >= 0.3 is 6.18 Å². The van der Waals surface area contributed by atoms with E-state index in [1.54, 1.807) is 19.2 Å². The lowest BCUT2D eigenvalue weighted by Crippen LogP contribution is -2.12. The standard InChI is InChI=1S/C12H13F3N2/c1-3-7(2)10-8-4-5-16-11(8)17-6-9(10)12(13,14)15/h4-7H,3H2,1-2H3,(H,16,17). The minimum Gasteiger partial charge on any atom is -0.346 e. The van der Waals surface area contributed by atoms with Gasteiger partial charge in [0.25, 0.3) is 0 Å². The fraction of sp³-hybridized carbons (Fsp3) is 0.417. The molecule has 2 aromatic heterocycles. The Balaban J connectivity index is 2.75. The van der Waals surface area contributed by atoms with E-state index in [0.29, 0.717) is 23.0 Å². The van der Waals surface area contributed by atoms with E-state index in [9.17, 15) is 13.2 Å². The quantitative estimate of drug-likeness (QED) is 0.844. The first-order valence-corrected chi connectivity index (χ1v) is 5.48. The minimum absolute atomic E-state index is 0.145. The Labute approximate surface area is 96.9 Å². The van der Waals surface area contributed by atoms with Crippen molar-refractivity contribution in [2.24, 2.45) is 0 Å². The number of pyridine rings is 1. The summed E-state index contributed by atoms with van der Waals surface area (Å²) in [5.74, 6) is -0.145. The molecule has 1 N–H and O–H groups in total. The van der Waals surface area contributed by atoms with Gasteiger partial charge in [-0.3, -0.25) is 0 Å². The van der Waals surface area contributed by atoms with Crippen molar-refractivity contribution in [1.29, 1.82) is 0 Å². The summed E-state index contributed by atoms with van der Waals surface area (Å²) in [6.45, 7) is 3.68. The second-order valence-corrected chi connectivity index (χ2v) is 4.13. The first-order valence-electron chi connectivity index (χ1n) is 5.48. The average Bonchev–Trinajstić information content (AvgIpc) is 2.73. The first kappa shape index (κ1) is 12.0. The normalized spacial score (nSPS) is 14.2. The zero-order valence-electron chi connectivity index (χ0n) is 9.60. The molecule has 0 aliphatic carbocycles. The maximum absolute atomic E-state index is 12.9. The lowest BCUT2D eigenvalue weighted by molar-refractivity contribution is -0.138. The molecule has 2 heterocycles. The van der Waals surface area contributed by atoms with Crippen LogP contribution in [0.15, 0.2) is 18.5 Å². The minimum atomic E-state index is -4.35. The highest BCUT2D eigenvalue weighted by atomic mass is 19.4. The van der Waals surface area contributed by atoms with E-state index in [1.807, 2.05) is 6.92 Å². The van der Waals surface area contributed by atoms with E-state index in [-0.39, 0.29) is 5.92 Å². The number of aromatic amines is 1. The van der Waals surface area contributed by atoms with Crippen LogP contribution in [0, 0.1) is 0 Å². The van der Waals surface area contributed by atoms with Crippen LogP contribution >= 0.6 is 0 Å². The lowest BCUT2D eigenvalue weighted by Gasteiger charge is -2.17. The van der Waals surface area contributed by atoms with Gasteiger partial charge in [-0.2, -0.15) is 13.2 Å². The zero-order chi connectivity index (χ0) is 12.6. The van der Waals surface area contributed by atoms with Gasteiger partial charge in [0, 0.05) is 17.8 Å². The van der Waals surface area contributed by atoms with Gasteiger partial charge in [-0.05, 0) is 24.0 Å². The molecular formula is C12H13F3N2. The molecule has 0 aliphatic rings. The van der Waals surface area contributed by atoms with Crippen molar-refractivity contribution >= 4 is 11.0 Å². The second-order valence-electron chi connectivity index (χ2n) is 4.13. The van der Waals surface area contributed by atoms with Crippen LogP contribution in [0.5, 0.6) is 0 Å². The van der Waals surface area contributed by atoms with Crippen molar-refractivity contribution in [1.82, 2.24) is 9.97 Å². The van der Waals surface area contributed by atoms with Crippen LogP contribution in [-0.4, -0.2) is 9.97 Å². The number of nitrogens with one attached hydrogen (secondary N) is 1. The third-order valence-electron chi connectivity index (χ3n) is 3.04. The van der Waals surface area contributed by atoms with Crippen molar-refractivity contribution in [2.75, 3.05) is 0 Å². The Kier molecular flexibility index (Phi) is 2.85. The smallest absolute Gasteiger partial charge is 0.346 e. The molecular weight excluding hydrogens is 229 g/mol. The summed E-state index contributed by atoms with van der Waals surface area (Å²) in [5, 5.41) is 0.564. The highest BCUT2D eigenvalue weighted by Gasteiger charge is 2.35. The number of nitrogens with zero attached hydrogens (tertiary/aromatic N) is 1. The van der Waals surface area contributed by atoms with Crippen LogP contribution in [0.4, 0.5) is 13.2 Å². The van der Waals surface area contributed by atoms with Crippen LogP contribution in [0.1, 0.15) is 37.3 Å². The number of rotatable bonds is 2. The third-order valence-corrected chi connectivity index (χ3v) is 3.04. The van der Waals surface area contributed by atoms with Gasteiger partial charge < -0.3 is 4.98 Å². The monoisotopic (exact) mass is 242 g/mol. The summed E-state index contributed by atoms with van der Waals surface area (Å²) in [5.41, 5.74) is 0.221. The van der Waals surface area contributed by atoms with Gasteiger partial charge in [-0.15, -0.1) is 0 Å². The SMILES string of the molecule is CCC(C)c1c(C(F)(F)F)cnc2[nH]ccc12. The molecule has 1 unspecified atom stereocenters. The summed E-state index contributed by atoms with van der Waals surface area (Å²) in [7, 11) is 0. The van der Waals surface area contributed by atoms with Gasteiger partial charge in [-0.1, -0.05) is 13.8 Å². The van der Waals surface area contributed by atoms with Crippen LogP contribution in [0.3, 0.4) is 0 Å². The van der Waals surface area contributed by atoms with Crippen LogP contribution in [0.2, 0.25) is 0 Å².